The lowest BCUT2D eigenvalue weighted by molar-refractivity contribution is -0.120. The number of aromatic nitrogens is 2. The van der Waals surface area contributed by atoms with E-state index in [1.807, 2.05) is 6.92 Å². The molecule has 1 aromatic rings. The predicted molar refractivity (Wildman–Crippen MR) is 41.0 cm³/mol. The van der Waals surface area contributed by atoms with Crippen LogP contribution in [-0.2, 0) is 11.2 Å². The molecule has 0 fully saturated rings. The summed E-state index contributed by atoms with van der Waals surface area (Å²) in [4.78, 5) is 17.7. The fourth-order valence-electron chi connectivity index (χ4n) is 0.812. The van der Waals surface area contributed by atoms with E-state index in [4.69, 9.17) is 0 Å². The van der Waals surface area contributed by atoms with Gasteiger partial charge >= 0.3 is 0 Å². The number of nitrogens with one attached hydrogen (secondary N) is 2. The number of amides is 1. The second-order valence-electron chi connectivity index (χ2n) is 2.19. The number of imidazole rings is 1. The van der Waals surface area contributed by atoms with Crippen molar-refractivity contribution in [2.24, 2.45) is 0 Å². The number of hydrogen-bond acceptors (Lipinski definition) is 2. The average Bonchev–Trinajstić information content (AvgIpc) is 2.40. The monoisotopic (exact) mass is 153 g/mol. The molecule has 0 saturated heterocycles. The van der Waals surface area contributed by atoms with Crippen LogP contribution in [0.1, 0.15) is 12.6 Å². The SMILES string of the molecule is CCNC(=O)Cc1c[nH]cn1. The Morgan fingerprint density at radius 1 is 1.82 bits per heavy atom. The first-order valence-electron chi connectivity index (χ1n) is 3.57. The summed E-state index contributed by atoms with van der Waals surface area (Å²) in [6.45, 7) is 2.56. The molecule has 1 aromatic heterocycles. The summed E-state index contributed by atoms with van der Waals surface area (Å²) in [6.07, 6.45) is 3.64. The second kappa shape index (κ2) is 3.75. The Labute approximate surface area is 65.0 Å². The highest BCUT2D eigenvalue weighted by Gasteiger charge is 2.01. The molecule has 0 saturated carbocycles. The van der Waals surface area contributed by atoms with Gasteiger partial charge in [-0.15, -0.1) is 0 Å². The number of carbonyl (C=O) groups excluding carboxylic acids is 1. The van der Waals surface area contributed by atoms with E-state index in [0.29, 0.717) is 13.0 Å². The molecule has 1 rings (SSSR count). The van der Waals surface area contributed by atoms with Gasteiger partial charge in [-0.05, 0) is 6.92 Å². The van der Waals surface area contributed by atoms with E-state index >= 15 is 0 Å². The lowest BCUT2D eigenvalue weighted by atomic mass is 10.3. The van der Waals surface area contributed by atoms with Gasteiger partial charge in [0.15, 0.2) is 0 Å². The zero-order chi connectivity index (χ0) is 8.10. The average molecular weight is 153 g/mol. The first-order valence-corrected chi connectivity index (χ1v) is 3.57. The van der Waals surface area contributed by atoms with Crippen LogP contribution in [0.25, 0.3) is 0 Å². The standard InChI is InChI=1S/C7H11N3O/c1-2-9-7(11)3-6-4-8-5-10-6/h4-5H,2-3H2,1H3,(H,8,10)(H,9,11). The van der Waals surface area contributed by atoms with Crippen LogP contribution < -0.4 is 5.32 Å². The van der Waals surface area contributed by atoms with Crippen LogP contribution in [0.4, 0.5) is 0 Å². The van der Waals surface area contributed by atoms with Gasteiger partial charge in [-0.1, -0.05) is 0 Å². The van der Waals surface area contributed by atoms with Crippen molar-refractivity contribution in [1.82, 2.24) is 15.3 Å². The first-order chi connectivity index (χ1) is 5.33. The molecule has 0 radical (unpaired) electrons. The Morgan fingerprint density at radius 2 is 2.64 bits per heavy atom. The van der Waals surface area contributed by atoms with Gasteiger partial charge in [0.2, 0.25) is 5.91 Å². The van der Waals surface area contributed by atoms with E-state index in [2.05, 4.69) is 15.3 Å². The predicted octanol–water partition coefficient (Wildman–Crippen LogP) is 0.0883. The molecule has 0 unspecified atom stereocenters. The van der Waals surface area contributed by atoms with Gasteiger partial charge in [-0.3, -0.25) is 4.79 Å². The Bertz CT molecular complexity index is 218. The molecule has 0 atom stereocenters. The minimum atomic E-state index is 0.0135. The Morgan fingerprint density at radius 3 is 3.18 bits per heavy atom. The number of nitrogens with zero attached hydrogens (tertiary/aromatic N) is 1. The van der Waals surface area contributed by atoms with Crippen molar-refractivity contribution in [1.29, 1.82) is 0 Å². The molecule has 60 valence electrons. The number of hydrogen-bond donors (Lipinski definition) is 2. The highest BCUT2D eigenvalue weighted by molar-refractivity contribution is 5.77. The van der Waals surface area contributed by atoms with Crippen LogP contribution in [0.5, 0.6) is 0 Å². The summed E-state index contributed by atoms with van der Waals surface area (Å²) in [5.74, 6) is 0.0135. The minimum absolute atomic E-state index is 0.0135. The van der Waals surface area contributed by atoms with E-state index in [-0.39, 0.29) is 5.91 Å². The normalized spacial score (nSPS) is 9.55. The van der Waals surface area contributed by atoms with E-state index in [1.165, 1.54) is 0 Å². The van der Waals surface area contributed by atoms with E-state index in [1.54, 1.807) is 12.5 Å². The van der Waals surface area contributed by atoms with Crippen LogP contribution in [0, 0.1) is 0 Å². The molecule has 0 aliphatic rings. The van der Waals surface area contributed by atoms with Gasteiger partial charge < -0.3 is 10.3 Å². The molecule has 0 aliphatic carbocycles. The summed E-state index contributed by atoms with van der Waals surface area (Å²) in [6, 6.07) is 0. The Kier molecular flexibility index (Phi) is 2.66. The lowest BCUT2D eigenvalue weighted by Gasteiger charge is -1.97. The van der Waals surface area contributed by atoms with E-state index in [0.717, 1.165) is 5.69 Å². The largest absolute Gasteiger partial charge is 0.356 e. The van der Waals surface area contributed by atoms with Crippen molar-refractivity contribution in [2.75, 3.05) is 6.54 Å². The number of aromatic amines is 1. The number of carbonyl (C=O) groups is 1. The quantitative estimate of drug-likeness (QED) is 0.646. The topological polar surface area (TPSA) is 57.8 Å². The molecule has 11 heavy (non-hydrogen) atoms. The third kappa shape index (κ3) is 2.41. The fraction of sp³-hybridized carbons (Fsp3) is 0.429. The van der Waals surface area contributed by atoms with Gasteiger partial charge in [-0.2, -0.15) is 0 Å². The molecule has 0 spiro atoms. The van der Waals surface area contributed by atoms with Crippen molar-refractivity contribution in [3.63, 3.8) is 0 Å². The van der Waals surface area contributed by atoms with Gasteiger partial charge in [-0.25, -0.2) is 4.98 Å². The number of rotatable bonds is 3. The Hall–Kier alpha value is -1.32. The van der Waals surface area contributed by atoms with Crippen LogP contribution >= 0.6 is 0 Å². The first kappa shape index (κ1) is 7.78. The van der Waals surface area contributed by atoms with Gasteiger partial charge in [0.25, 0.3) is 0 Å². The third-order valence-corrected chi connectivity index (χ3v) is 1.27. The van der Waals surface area contributed by atoms with Crippen LogP contribution in [-0.4, -0.2) is 22.4 Å². The molecule has 4 nitrogen and oxygen atoms in total. The van der Waals surface area contributed by atoms with Crippen molar-refractivity contribution in [3.8, 4) is 0 Å². The highest BCUT2D eigenvalue weighted by atomic mass is 16.1. The number of likely N-dealkylation sites (N-methyl/N-ethyl adjacent to an activating group) is 1. The molecule has 0 bridgehead atoms. The van der Waals surface area contributed by atoms with Crippen molar-refractivity contribution in [3.05, 3.63) is 18.2 Å². The minimum Gasteiger partial charge on any atom is -0.356 e. The molecule has 1 amide bonds. The lowest BCUT2D eigenvalue weighted by Crippen LogP contribution is -2.24. The van der Waals surface area contributed by atoms with E-state index < -0.39 is 0 Å². The summed E-state index contributed by atoms with van der Waals surface area (Å²) in [5, 5.41) is 2.69. The van der Waals surface area contributed by atoms with Crippen molar-refractivity contribution >= 4 is 5.91 Å². The highest BCUT2D eigenvalue weighted by Crippen LogP contribution is 1.91. The molecular weight excluding hydrogens is 142 g/mol. The summed E-state index contributed by atoms with van der Waals surface area (Å²) < 4.78 is 0. The summed E-state index contributed by atoms with van der Waals surface area (Å²) >= 11 is 0. The fourth-order valence-corrected chi connectivity index (χ4v) is 0.812. The third-order valence-electron chi connectivity index (χ3n) is 1.27. The zero-order valence-electron chi connectivity index (χ0n) is 6.42. The van der Waals surface area contributed by atoms with E-state index in [9.17, 15) is 4.79 Å². The molecule has 0 aromatic carbocycles. The van der Waals surface area contributed by atoms with Crippen LogP contribution in [0.15, 0.2) is 12.5 Å². The van der Waals surface area contributed by atoms with Crippen molar-refractivity contribution < 1.29 is 4.79 Å². The molecule has 1 heterocycles. The maximum atomic E-state index is 10.9. The Balaban J connectivity index is 2.37. The van der Waals surface area contributed by atoms with Crippen LogP contribution in [0.2, 0.25) is 0 Å². The molecule has 4 heteroatoms. The molecule has 2 N–H and O–H groups in total. The summed E-state index contributed by atoms with van der Waals surface area (Å²) in [5.41, 5.74) is 0.774. The van der Waals surface area contributed by atoms with Gasteiger partial charge in [0.1, 0.15) is 0 Å². The molecule has 0 aliphatic heterocycles. The van der Waals surface area contributed by atoms with Gasteiger partial charge in [0.05, 0.1) is 18.4 Å². The smallest absolute Gasteiger partial charge is 0.226 e. The second-order valence-corrected chi connectivity index (χ2v) is 2.19. The van der Waals surface area contributed by atoms with Crippen LogP contribution in [0.3, 0.4) is 0 Å². The summed E-state index contributed by atoms with van der Waals surface area (Å²) in [7, 11) is 0. The maximum Gasteiger partial charge on any atom is 0.226 e. The van der Waals surface area contributed by atoms with Crippen molar-refractivity contribution in [2.45, 2.75) is 13.3 Å². The maximum absolute atomic E-state index is 10.9. The number of H-pyrrole nitrogens is 1. The van der Waals surface area contributed by atoms with Gasteiger partial charge in [0, 0.05) is 12.7 Å². The zero-order valence-corrected chi connectivity index (χ0v) is 6.42. The molecular formula is C7H11N3O.